The molecule has 0 fully saturated rings. The van der Waals surface area contributed by atoms with Gasteiger partial charge in [-0.2, -0.15) is 0 Å². The van der Waals surface area contributed by atoms with Crippen molar-refractivity contribution in [2.24, 2.45) is 4.99 Å². The summed E-state index contributed by atoms with van der Waals surface area (Å²) in [6, 6.07) is 35.9. The highest BCUT2D eigenvalue weighted by Crippen LogP contribution is 2.38. The summed E-state index contributed by atoms with van der Waals surface area (Å²) in [4.78, 5) is 21.7. The molecule has 0 radical (unpaired) electrons. The number of carbonyl (C=O) groups excluding carboxylic acids is 1. The summed E-state index contributed by atoms with van der Waals surface area (Å²) in [5.74, 6) is 0.654. The van der Waals surface area contributed by atoms with Gasteiger partial charge in [0.05, 0.1) is 18.5 Å². The van der Waals surface area contributed by atoms with Crippen LogP contribution in [0.15, 0.2) is 119 Å². The van der Waals surface area contributed by atoms with Gasteiger partial charge in [0.1, 0.15) is 0 Å². The molecule has 0 saturated carbocycles. The molecule has 0 N–H and O–H groups in total. The summed E-state index contributed by atoms with van der Waals surface area (Å²) in [6.07, 6.45) is 0. The Balaban J connectivity index is 1.57. The molecule has 4 aromatic carbocycles. The zero-order valence-corrected chi connectivity index (χ0v) is 21.0. The number of thioether (sulfide) groups is 1. The second-order valence-corrected chi connectivity index (χ2v) is 9.75. The van der Waals surface area contributed by atoms with Gasteiger partial charge in [0, 0.05) is 34.9 Å². The number of hydrogen-bond donors (Lipinski definition) is 0. The van der Waals surface area contributed by atoms with Crippen molar-refractivity contribution in [1.29, 1.82) is 0 Å². The monoisotopic (exact) mass is 492 g/mol. The van der Waals surface area contributed by atoms with E-state index in [1.165, 1.54) is 17.6 Å². The van der Waals surface area contributed by atoms with Crippen molar-refractivity contribution in [2.45, 2.75) is 17.5 Å². The second kappa shape index (κ2) is 11.3. The number of anilines is 1. The molecule has 180 valence electrons. The van der Waals surface area contributed by atoms with E-state index in [0.29, 0.717) is 0 Å². The van der Waals surface area contributed by atoms with Crippen LogP contribution in [-0.2, 0) is 16.1 Å². The SMILES string of the molecule is COC(=O)C(N=C(c1ccccc1)c1ccccc1)c1ccc2c(c1)N(Cc1ccccc1)CCS2. The van der Waals surface area contributed by atoms with E-state index in [9.17, 15) is 4.79 Å². The number of benzene rings is 4. The minimum Gasteiger partial charge on any atom is -0.467 e. The van der Waals surface area contributed by atoms with Crippen LogP contribution >= 0.6 is 11.8 Å². The van der Waals surface area contributed by atoms with Crippen molar-refractivity contribution in [3.8, 4) is 0 Å². The van der Waals surface area contributed by atoms with Crippen molar-refractivity contribution < 1.29 is 9.53 Å². The topological polar surface area (TPSA) is 41.9 Å². The number of methoxy groups -OCH3 is 1. The molecule has 4 aromatic rings. The van der Waals surface area contributed by atoms with Gasteiger partial charge in [-0.05, 0) is 23.3 Å². The Kier molecular flexibility index (Phi) is 7.48. The fraction of sp³-hybridized carbons (Fsp3) is 0.161. The molecule has 1 unspecified atom stereocenters. The van der Waals surface area contributed by atoms with E-state index >= 15 is 0 Å². The highest BCUT2D eigenvalue weighted by atomic mass is 32.2. The van der Waals surface area contributed by atoms with Gasteiger partial charge in [0.15, 0.2) is 6.04 Å². The maximum absolute atomic E-state index is 13.1. The molecule has 4 nitrogen and oxygen atoms in total. The van der Waals surface area contributed by atoms with E-state index in [-0.39, 0.29) is 5.97 Å². The van der Waals surface area contributed by atoms with Crippen LogP contribution in [0, 0.1) is 0 Å². The van der Waals surface area contributed by atoms with Crippen LogP contribution in [0.4, 0.5) is 5.69 Å². The molecule has 0 aromatic heterocycles. The summed E-state index contributed by atoms with van der Waals surface area (Å²) in [7, 11) is 1.42. The Morgan fingerprint density at radius 2 is 1.50 bits per heavy atom. The quantitative estimate of drug-likeness (QED) is 0.217. The normalized spacial score (nSPS) is 13.4. The maximum atomic E-state index is 13.1. The highest BCUT2D eigenvalue weighted by molar-refractivity contribution is 7.99. The Hall–Kier alpha value is -3.83. The first-order valence-corrected chi connectivity index (χ1v) is 13.0. The molecule has 1 aliphatic rings. The minimum atomic E-state index is -0.777. The van der Waals surface area contributed by atoms with Crippen molar-refractivity contribution in [3.63, 3.8) is 0 Å². The number of hydrogen-bond acceptors (Lipinski definition) is 5. The molecule has 5 heteroatoms. The zero-order chi connectivity index (χ0) is 24.7. The average Bonchev–Trinajstić information content (AvgIpc) is 2.95. The molecule has 0 aliphatic carbocycles. The lowest BCUT2D eigenvalue weighted by molar-refractivity contribution is -0.142. The fourth-order valence-electron chi connectivity index (χ4n) is 4.44. The molecule has 1 atom stereocenters. The van der Waals surface area contributed by atoms with Gasteiger partial charge in [-0.25, -0.2) is 4.79 Å². The molecular weight excluding hydrogens is 464 g/mol. The van der Waals surface area contributed by atoms with Crippen LogP contribution in [0.25, 0.3) is 0 Å². The Bertz CT molecular complexity index is 1300. The highest BCUT2D eigenvalue weighted by Gasteiger charge is 2.26. The van der Waals surface area contributed by atoms with Gasteiger partial charge < -0.3 is 9.64 Å². The Morgan fingerprint density at radius 1 is 0.889 bits per heavy atom. The lowest BCUT2D eigenvalue weighted by Gasteiger charge is -2.31. The predicted molar refractivity (Wildman–Crippen MR) is 148 cm³/mol. The lowest BCUT2D eigenvalue weighted by atomic mass is 10.00. The number of aliphatic imine (C=N–C) groups is 1. The van der Waals surface area contributed by atoms with Crippen LogP contribution in [0.3, 0.4) is 0 Å². The maximum Gasteiger partial charge on any atom is 0.335 e. The molecule has 0 bridgehead atoms. The number of rotatable bonds is 7. The first-order chi connectivity index (χ1) is 17.7. The summed E-state index contributed by atoms with van der Waals surface area (Å²) in [6.45, 7) is 1.77. The van der Waals surface area contributed by atoms with E-state index in [1.807, 2.05) is 84.6 Å². The summed E-state index contributed by atoms with van der Waals surface area (Å²) in [5.41, 5.74) is 5.90. The molecule has 1 heterocycles. The minimum absolute atomic E-state index is 0.377. The van der Waals surface area contributed by atoms with Gasteiger partial charge in [0.25, 0.3) is 0 Å². The number of nitrogens with zero attached hydrogens (tertiary/aromatic N) is 2. The average molecular weight is 493 g/mol. The van der Waals surface area contributed by atoms with Gasteiger partial charge in [-0.1, -0.05) is 97.1 Å². The Morgan fingerprint density at radius 3 is 2.11 bits per heavy atom. The van der Waals surface area contributed by atoms with Gasteiger partial charge in [0.2, 0.25) is 0 Å². The summed E-state index contributed by atoms with van der Waals surface area (Å²) >= 11 is 1.85. The molecule has 0 saturated heterocycles. The number of fused-ring (bicyclic) bond motifs is 1. The molecule has 1 aliphatic heterocycles. The van der Waals surface area contributed by atoms with Crippen molar-refractivity contribution >= 4 is 29.1 Å². The molecule has 36 heavy (non-hydrogen) atoms. The van der Waals surface area contributed by atoms with Crippen molar-refractivity contribution in [3.05, 3.63) is 131 Å². The fourth-order valence-corrected chi connectivity index (χ4v) is 5.47. The summed E-state index contributed by atoms with van der Waals surface area (Å²) in [5, 5.41) is 0. The van der Waals surface area contributed by atoms with Gasteiger partial charge in [-0.15, -0.1) is 11.8 Å². The second-order valence-electron chi connectivity index (χ2n) is 8.62. The lowest BCUT2D eigenvalue weighted by Crippen LogP contribution is -2.29. The molecule has 5 rings (SSSR count). The van der Waals surface area contributed by atoms with Gasteiger partial charge in [-0.3, -0.25) is 4.99 Å². The van der Waals surface area contributed by atoms with Crippen LogP contribution in [0.2, 0.25) is 0 Å². The van der Waals surface area contributed by atoms with Crippen LogP contribution < -0.4 is 4.90 Å². The predicted octanol–water partition coefficient (Wildman–Crippen LogP) is 6.55. The van der Waals surface area contributed by atoms with E-state index in [2.05, 4.69) is 41.3 Å². The van der Waals surface area contributed by atoms with E-state index in [4.69, 9.17) is 9.73 Å². The van der Waals surface area contributed by atoms with Gasteiger partial charge >= 0.3 is 5.97 Å². The number of ether oxygens (including phenoxy) is 1. The molecule has 0 amide bonds. The van der Waals surface area contributed by atoms with Crippen LogP contribution in [0.5, 0.6) is 0 Å². The third-order valence-electron chi connectivity index (χ3n) is 6.25. The van der Waals surface area contributed by atoms with Crippen molar-refractivity contribution in [1.82, 2.24) is 0 Å². The Labute approximate surface area is 216 Å². The van der Waals surface area contributed by atoms with E-state index in [0.717, 1.165) is 46.9 Å². The zero-order valence-electron chi connectivity index (χ0n) is 20.2. The van der Waals surface area contributed by atoms with Crippen LogP contribution in [0.1, 0.15) is 28.3 Å². The number of esters is 1. The van der Waals surface area contributed by atoms with E-state index < -0.39 is 6.04 Å². The third-order valence-corrected chi connectivity index (χ3v) is 7.29. The van der Waals surface area contributed by atoms with Crippen molar-refractivity contribution in [2.75, 3.05) is 24.3 Å². The third kappa shape index (κ3) is 5.37. The molecular formula is C31H28N2O2S. The van der Waals surface area contributed by atoms with Crippen LogP contribution in [-0.4, -0.2) is 31.1 Å². The first-order valence-electron chi connectivity index (χ1n) is 12.0. The summed E-state index contributed by atoms with van der Waals surface area (Å²) < 4.78 is 5.24. The standard InChI is InChI=1S/C31H28N2O2S/c1-35-31(34)30(32-29(24-13-7-3-8-14-24)25-15-9-4-10-16-25)26-17-18-28-27(21-26)33(19-20-36-28)22-23-11-5-2-6-12-23/h2-18,21,30H,19-20,22H2,1H3. The number of carbonyl (C=O) groups is 1. The van der Waals surface area contributed by atoms with E-state index in [1.54, 1.807) is 0 Å². The largest absolute Gasteiger partial charge is 0.467 e. The molecule has 0 spiro atoms. The smallest absolute Gasteiger partial charge is 0.335 e. The first kappa shape index (κ1) is 23.9.